The molecule has 1 aliphatic heterocycles. The molecular formula is C30H27F2N7O2. The Labute approximate surface area is 234 Å². The van der Waals surface area contributed by atoms with Gasteiger partial charge in [-0.1, -0.05) is 6.08 Å². The van der Waals surface area contributed by atoms with Crippen molar-refractivity contribution in [3.05, 3.63) is 72.1 Å². The summed E-state index contributed by atoms with van der Waals surface area (Å²) in [4.78, 5) is 23.4. The number of aromatic nitrogens is 4. The van der Waals surface area contributed by atoms with Gasteiger partial charge in [0.1, 0.15) is 41.0 Å². The number of carbonyl (C=O) groups excluding carboxylic acids is 1. The summed E-state index contributed by atoms with van der Waals surface area (Å²) in [5.74, 6) is -0.633. The highest BCUT2D eigenvalue weighted by Crippen LogP contribution is 2.34. The molecule has 41 heavy (non-hydrogen) atoms. The first-order valence-corrected chi connectivity index (χ1v) is 13.5. The minimum Gasteiger partial charge on any atom is -0.454 e. The van der Waals surface area contributed by atoms with Gasteiger partial charge < -0.3 is 15.4 Å². The van der Waals surface area contributed by atoms with Crippen molar-refractivity contribution in [3.8, 4) is 28.8 Å². The Kier molecular flexibility index (Phi) is 7.05. The third-order valence-corrected chi connectivity index (χ3v) is 7.42. The van der Waals surface area contributed by atoms with Crippen LogP contribution in [0.3, 0.4) is 0 Å². The van der Waals surface area contributed by atoms with E-state index in [1.165, 1.54) is 6.33 Å². The third kappa shape index (κ3) is 5.59. The quantitative estimate of drug-likeness (QED) is 0.244. The van der Waals surface area contributed by atoms with Gasteiger partial charge in [-0.05, 0) is 73.9 Å². The molecule has 1 aliphatic carbocycles. The van der Waals surface area contributed by atoms with Crippen LogP contribution in [0.4, 0.5) is 14.6 Å². The van der Waals surface area contributed by atoms with Crippen molar-refractivity contribution < 1.29 is 18.3 Å². The molecule has 208 valence electrons. The smallest absolute Gasteiger partial charge is 0.264 e. The zero-order valence-electron chi connectivity index (χ0n) is 22.1. The normalized spacial score (nSPS) is 17.4. The number of carbonyl (C=O) groups is 1. The lowest BCUT2D eigenvalue weighted by molar-refractivity contribution is -0.128. The number of piperidine rings is 1. The molecule has 2 aromatic heterocycles. The van der Waals surface area contributed by atoms with Crippen LogP contribution in [0.25, 0.3) is 22.3 Å². The van der Waals surface area contributed by atoms with E-state index >= 15 is 0 Å². The molecule has 1 saturated heterocycles. The Morgan fingerprint density at radius 2 is 1.95 bits per heavy atom. The fourth-order valence-electron chi connectivity index (χ4n) is 5.19. The first-order chi connectivity index (χ1) is 19.9. The van der Waals surface area contributed by atoms with Crippen LogP contribution in [0.1, 0.15) is 25.7 Å². The zero-order chi connectivity index (χ0) is 28.5. The van der Waals surface area contributed by atoms with E-state index in [2.05, 4.69) is 16.0 Å². The number of nitrogens with zero attached hydrogens (tertiary/aromatic N) is 6. The van der Waals surface area contributed by atoms with Gasteiger partial charge in [-0.2, -0.15) is 10.4 Å². The maximum absolute atomic E-state index is 14.0. The predicted molar refractivity (Wildman–Crippen MR) is 147 cm³/mol. The molecule has 0 bridgehead atoms. The van der Waals surface area contributed by atoms with Crippen LogP contribution in [0.15, 0.2) is 60.4 Å². The van der Waals surface area contributed by atoms with Crippen LogP contribution in [0, 0.1) is 34.8 Å². The van der Waals surface area contributed by atoms with Crippen molar-refractivity contribution in [1.29, 1.82) is 5.26 Å². The van der Waals surface area contributed by atoms with Crippen molar-refractivity contribution in [2.45, 2.75) is 32.2 Å². The van der Waals surface area contributed by atoms with Gasteiger partial charge in [0.2, 0.25) is 0 Å². The molecule has 3 heterocycles. The van der Waals surface area contributed by atoms with Crippen LogP contribution < -0.4 is 10.5 Å². The molecule has 1 atom stereocenters. The van der Waals surface area contributed by atoms with Crippen molar-refractivity contribution in [2.75, 3.05) is 18.8 Å². The molecule has 2 aliphatic rings. The van der Waals surface area contributed by atoms with Crippen molar-refractivity contribution >= 4 is 22.8 Å². The standard InChI is InChI=1S/C30H27F2N7O2/c31-22-7-10-24(32)25(13-22)41-23-8-5-20(6-9-23)27-26-28(34)35-17-36-29(26)39(37-27)16-19-2-1-11-38(15-19)30(40)21(14-33)12-18-3-4-18/h5-10,12-13,17-19H,1-4,11,15-16H2,(H2,34,35,36)/b21-12+/t19-/m1/s1. The number of amides is 1. The first kappa shape index (κ1) is 26.4. The highest BCUT2D eigenvalue weighted by atomic mass is 19.1. The monoisotopic (exact) mass is 555 g/mol. The molecule has 2 N–H and O–H groups in total. The molecule has 9 nitrogen and oxygen atoms in total. The maximum atomic E-state index is 14.0. The van der Waals surface area contributed by atoms with Crippen LogP contribution in [0.2, 0.25) is 0 Å². The molecule has 6 rings (SSSR count). The van der Waals surface area contributed by atoms with Crippen LogP contribution in [-0.2, 0) is 11.3 Å². The Morgan fingerprint density at radius 1 is 1.15 bits per heavy atom. The van der Waals surface area contributed by atoms with Gasteiger partial charge in [-0.25, -0.2) is 23.4 Å². The summed E-state index contributed by atoms with van der Waals surface area (Å²) in [6, 6.07) is 11.9. The molecule has 0 radical (unpaired) electrons. The summed E-state index contributed by atoms with van der Waals surface area (Å²) < 4.78 is 34.9. The van der Waals surface area contributed by atoms with Gasteiger partial charge >= 0.3 is 0 Å². The molecule has 4 aromatic rings. The number of nitriles is 1. The number of ether oxygens (including phenoxy) is 1. The molecule has 11 heteroatoms. The fourth-order valence-corrected chi connectivity index (χ4v) is 5.19. The second-order valence-corrected chi connectivity index (χ2v) is 10.5. The SMILES string of the molecule is N#C/C(=C\C1CC1)C(=O)N1CCC[C@@H](Cn2nc(-c3ccc(Oc4cc(F)ccc4F)cc3)c3c(N)ncnc32)C1. The third-order valence-electron chi connectivity index (χ3n) is 7.42. The molecule has 1 amide bonds. The number of rotatable bonds is 7. The van der Waals surface area contributed by atoms with Gasteiger partial charge in [-0.3, -0.25) is 4.79 Å². The van der Waals surface area contributed by atoms with Gasteiger partial charge in [0.05, 0.1) is 5.39 Å². The van der Waals surface area contributed by atoms with E-state index in [0.29, 0.717) is 53.6 Å². The van der Waals surface area contributed by atoms with Gasteiger partial charge in [0.15, 0.2) is 17.2 Å². The number of halogens is 2. The van der Waals surface area contributed by atoms with E-state index in [4.69, 9.17) is 15.6 Å². The summed E-state index contributed by atoms with van der Waals surface area (Å²) in [7, 11) is 0. The van der Waals surface area contributed by atoms with E-state index in [-0.39, 0.29) is 29.0 Å². The summed E-state index contributed by atoms with van der Waals surface area (Å²) in [6.07, 6.45) is 6.99. The first-order valence-electron chi connectivity index (χ1n) is 13.5. The van der Waals surface area contributed by atoms with Crippen molar-refractivity contribution in [2.24, 2.45) is 11.8 Å². The summed E-state index contributed by atoms with van der Waals surface area (Å²) in [5.41, 5.74) is 8.35. The lowest BCUT2D eigenvalue weighted by Crippen LogP contribution is -2.41. The Bertz CT molecular complexity index is 1690. The fraction of sp³-hybridized carbons (Fsp3) is 0.300. The Morgan fingerprint density at radius 3 is 2.71 bits per heavy atom. The van der Waals surface area contributed by atoms with E-state index in [1.54, 1.807) is 33.8 Å². The lowest BCUT2D eigenvalue weighted by atomic mass is 9.97. The van der Waals surface area contributed by atoms with Gasteiger partial charge in [-0.15, -0.1) is 0 Å². The number of nitrogen functional groups attached to an aromatic ring is 1. The second kappa shape index (κ2) is 11.0. The van der Waals surface area contributed by atoms with Crippen LogP contribution in [0.5, 0.6) is 11.5 Å². The Balaban J connectivity index is 1.24. The van der Waals surface area contributed by atoms with E-state index in [0.717, 1.165) is 43.9 Å². The Hall–Kier alpha value is -4.85. The lowest BCUT2D eigenvalue weighted by Gasteiger charge is -2.32. The topological polar surface area (TPSA) is 123 Å². The minimum absolute atomic E-state index is 0.109. The number of hydrogen-bond donors (Lipinski definition) is 1. The summed E-state index contributed by atoms with van der Waals surface area (Å²) in [6.45, 7) is 1.64. The van der Waals surface area contributed by atoms with Crippen molar-refractivity contribution in [3.63, 3.8) is 0 Å². The average molecular weight is 556 g/mol. The van der Waals surface area contributed by atoms with Gasteiger partial charge in [0.25, 0.3) is 5.91 Å². The number of allylic oxidation sites excluding steroid dienone is 1. The molecule has 0 unspecified atom stereocenters. The highest BCUT2D eigenvalue weighted by Gasteiger charge is 2.29. The number of anilines is 1. The highest BCUT2D eigenvalue weighted by molar-refractivity contribution is 5.98. The summed E-state index contributed by atoms with van der Waals surface area (Å²) in [5, 5.41) is 15.0. The number of benzene rings is 2. The van der Waals surface area contributed by atoms with Gasteiger partial charge in [0, 0.05) is 31.3 Å². The molecule has 2 fully saturated rings. The second-order valence-electron chi connectivity index (χ2n) is 10.5. The molecule has 2 aromatic carbocycles. The number of nitrogens with two attached hydrogens (primary N) is 1. The molecule has 0 spiro atoms. The molecule has 1 saturated carbocycles. The number of hydrogen-bond acceptors (Lipinski definition) is 7. The largest absolute Gasteiger partial charge is 0.454 e. The predicted octanol–water partition coefficient (Wildman–Crippen LogP) is 5.24. The average Bonchev–Trinajstić information content (AvgIpc) is 3.73. The van der Waals surface area contributed by atoms with Crippen LogP contribution >= 0.6 is 0 Å². The number of likely N-dealkylation sites (tertiary alicyclic amines) is 1. The van der Waals surface area contributed by atoms with Crippen molar-refractivity contribution in [1.82, 2.24) is 24.6 Å². The summed E-state index contributed by atoms with van der Waals surface area (Å²) >= 11 is 0. The minimum atomic E-state index is -0.670. The maximum Gasteiger partial charge on any atom is 0.264 e. The zero-order valence-corrected chi connectivity index (χ0v) is 22.1. The van der Waals surface area contributed by atoms with E-state index in [9.17, 15) is 18.8 Å². The van der Waals surface area contributed by atoms with Crippen LogP contribution in [-0.4, -0.2) is 43.6 Å². The van der Waals surface area contributed by atoms with E-state index < -0.39 is 11.6 Å². The van der Waals surface area contributed by atoms with E-state index in [1.807, 2.05) is 6.08 Å². The number of fused-ring (bicyclic) bond motifs is 1. The molecular weight excluding hydrogens is 528 g/mol.